The van der Waals surface area contributed by atoms with E-state index >= 15 is 0 Å². The molecule has 6 rings (SSSR count). The largest absolute Gasteiger partial charge is 0.494 e. The second kappa shape index (κ2) is 13.6. The van der Waals surface area contributed by atoms with Crippen molar-refractivity contribution in [1.29, 1.82) is 0 Å². The van der Waals surface area contributed by atoms with Crippen LogP contribution in [-0.4, -0.2) is 47.9 Å². The van der Waals surface area contributed by atoms with E-state index in [0.717, 1.165) is 93.2 Å². The first-order valence-corrected chi connectivity index (χ1v) is 17.5. The molecule has 1 fully saturated rings. The number of hydrogen-bond acceptors (Lipinski definition) is 5. The van der Waals surface area contributed by atoms with Gasteiger partial charge in [-0.15, -0.1) is 0 Å². The zero-order chi connectivity index (χ0) is 31.5. The number of aldehydes is 1. The quantitative estimate of drug-likeness (QED) is 0.136. The summed E-state index contributed by atoms with van der Waals surface area (Å²) in [5, 5.41) is 3.55. The van der Waals surface area contributed by atoms with Crippen molar-refractivity contribution < 1.29 is 13.7 Å². The predicted molar refractivity (Wildman–Crippen MR) is 187 cm³/mol. The summed E-state index contributed by atoms with van der Waals surface area (Å²) in [7, 11) is -1.25. The maximum Gasteiger partial charge on any atom is 0.124 e. The zero-order valence-electron chi connectivity index (χ0n) is 26.8. The number of carbonyl (C=O) groups excluding carboxylic acids is 1. The van der Waals surface area contributed by atoms with E-state index in [-0.39, 0.29) is 0 Å². The Balaban J connectivity index is 1.28. The van der Waals surface area contributed by atoms with Gasteiger partial charge in [-0.05, 0) is 128 Å². The monoisotopic (exact) mass is 621 g/mol. The molecule has 0 bridgehead atoms. The van der Waals surface area contributed by atoms with Gasteiger partial charge in [0, 0.05) is 36.2 Å². The molecular formula is C38H43N3O3S. The molecule has 4 aromatic carbocycles. The fourth-order valence-corrected chi connectivity index (χ4v) is 7.73. The van der Waals surface area contributed by atoms with Gasteiger partial charge in [-0.25, -0.2) is 4.21 Å². The zero-order valence-corrected chi connectivity index (χ0v) is 27.6. The Morgan fingerprint density at radius 3 is 2.29 bits per heavy atom. The maximum absolute atomic E-state index is 13.2. The van der Waals surface area contributed by atoms with Gasteiger partial charge < -0.3 is 19.7 Å². The van der Waals surface area contributed by atoms with Crippen molar-refractivity contribution in [2.75, 3.05) is 42.1 Å². The Morgan fingerprint density at radius 1 is 0.889 bits per heavy atom. The lowest BCUT2D eigenvalue weighted by Gasteiger charge is -2.35. The van der Waals surface area contributed by atoms with Crippen LogP contribution in [0.3, 0.4) is 0 Å². The van der Waals surface area contributed by atoms with Crippen molar-refractivity contribution in [3.63, 3.8) is 0 Å². The smallest absolute Gasteiger partial charge is 0.124 e. The summed E-state index contributed by atoms with van der Waals surface area (Å²) in [4.78, 5) is 14.4. The summed E-state index contributed by atoms with van der Waals surface area (Å²) in [6.45, 7) is 11.1. The summed E-state index contributed by atoms with van der Waals surface area (Å²) < 4.78 is 21.2. The molecule has 1 atom stereocenters. The molecule has 45 heavy (non-hydrogen) atoms. The molecule has 7 heteroatoms. The summed E-state index contributed by atoms with van der Waals surface area (Å²) >= 11 is 0. The Kier molecular flexibility index (Phi) is 9.38. The van der Waals surface area contributed by atoms with Gasteiger partial charge in [0.15, 0.2) is 0 Å². The van der Waals surface area contributed by atoms with Gasteiger partial charge in [-0.3, -0.25) is 4.31 Å². The molecule has 2 aliphatic heterocycles. The van der Waals surface area contributed by atoms with E-state index in [4.69, 9.17) is 4.74 Å². The second-order valence-electron chi connectivity index (χ2n) is 12.3. The lowest BCUT2D eigenvalue weighted by Crippen LogP contribution is -2.30. The predicted octanol–water partition coefficient (Wildman–Crippen LogP) is 7.91. The van der Waals surface area contributed by atoms with E-state index in [1.807, 2.05) is 28.6 Å². The van der Waals surface area contributed by atoms with E-state index in [2.05, 4.69) is 73.5 Å². The molecule has 2 aliphatic rings. The van der Waals surface area contributed by atoms with Gasteiger partial charge in [0.25, 0.3) is 0 Å². The summed E-state index contributed by atoms with van der Waals surface area (Å²) in [6.07, 6.45) is 6.70. The van der Waals surface area contributed by atoms with Crippen LogP contribution >= 0.6 is 0 Å². The molecule has 6 nitrogen and oxygen atoms in total. The second-order valence-corrected chi connectivity index (χ2v) is 13.6. The number of nitrogens with zero attached hydrogens (tertiary/aromatic N) is 2. The molecule has 2 heterocycles. The first kappa shape index (κ1) is 31.1. The number of hydrogen-bond donors (Lipinski definition) is 1. The number of benzene rings is 4. The molecule has 0 spiro atoms. The molecule has 0 saturated carbocycles. The fourth-order valence-electron chi connectivity index (χ4n) is 6.92. The van der Waals surface area contributed by atoms with Crippen molar-refractivity contribution >= 4 is 34.3 Å². The van der Waals surface area contributed by atoms with E-state index in [1.165, 1.54) is 31.5 Å². The molecular weight excluding hydrogens is 579 g/mol. The van der Waals surface area contributed by atoms with Gasteiger partial charge in [-0.1, -0.05) is 35.9 Å². The van der Waals surface area contributed by atoms with Crippen LogP contribution in [0, 0.1) is 20.8 Å². The number of ether oxygens (including phenoxy) is 1. The Labute approximate surface area is 270 Å². The van der Waals surface area contributed by atoms with Crippen LogP contribution in [0.15, 0.2) is 66.7 Å². The average Bonchev–Trinajstić information content (AvgIpc) is 3.56. The average molecular weight is 622 g/mol. The number of nitrogens with one attached hydrogen (secondary N) is 1. The van der Waals surface area contributed by atoms with Gasteiger partial charge >= 0.3 is 0 Å². The normalized spacial score (nSPS) is 15.0. The van der Waals surface area contributed by atoms with Crippen LogP contribution in [-0.2, 0) is 28.7 Å². The minimum Gasteiger partial charge on any atom is -0.494 e. The third-order valence-corrected chi connectivity index (χ3v) is 10.1. The van der Waals surface area contributed by atoms with Crippen molar-refractivity contribution in [2.45, 2.75) is 53.0 Å². The third kappa shape index (κ3) is 6.56. The van der Waals surface area contributed by atoms with Crippen LogP contribution in [0.5, 0.6) is 5.75 Å². The van der Waals surface area contributed by atoms with Crippen molar-refractivity contribution in [2.24, 2.45) is 0 Å². The number of fused-ring (bicyclic) bond motifs is 3. The molecule has 1 N–H and O–H groups in total. The lowest BCUT2D eigenvalue weighted by molar-refractivity contribution is -0.107. The third-order valence-electron chi connectivity index (χ3n) is 9.20. The Bertz CT molecular complexity index is 1710. The maximum atomic E-state index is 13.2. The minimum absolute atomic E-state index is 0.311. The molecule has 4 aromatic rings. The van der Waals surface area contributed by atoms with Crippen LogP contribution in [0.4, 0.5) is 17.1 Å². The van der Waals surface area contributed by atoms with E-state index in [9.17, 15) is 9.00 Å². The minimum atomic E-state index is -1.25. The standard InChI is InChI=1S/C38H43N3O3S/c1-26-8-10-29(11-9-26)36-28(3)37-35-17-14-32(24-30(35)25-41(45(4)43)38(37)27(2)34(36)18-22-42)39-31-12-15-33(16-13-31)44-23-7-21-40-19-5-6-20-40/h8-17,22,24,39H,5-7,18-21,23,25H2,1-4H3. The van der Waals surface area contributed by atoms with Gasteiger partial charge in [-0.2, -0.15) is 0 Å². The number of rotatable bonds is 11. The molecule has 1 saturated heterocycles. The Morgan fingerprint density at radius 2 is 1.60 bits per heavy atom. The highest BCUT2D eigenvalue weighted by Gasteiger charge is 2.31. The molecule has 0 radical (unpaired) electrons. The van der Waals surface area contributed by atoms with Gasteiger partial charge in [0.2, 0.25) is 0 Å². The highest BCUT2D eigenvalue weighted by atomic mass is 32.2. The molecule has 0 aromatic heterocycles. The topological polar surface area (TPSA) is 61.9 Å². The SMILES string of the molecule is Cc1ccc(-c2c(C)c3c(c(C)c2CC=O)N(S(C)=O)Cc2cc(Nc4ccc(OCCCN5CCCC5)cc4)ccc2-3)cc1. The fraction of sp³-hybridized carbons (Fsp3) is 0.342. The first-order valence-electron chi connectivity index (χ1n) is 16.0. The number of anilines is 3. The van der Waals surface area contributed by atoms with Crippen molar-refractivity contribution in [3.8, 4) is 28.0 Å². The van der Waals surface area contributed by atoms with Crippen LogP contribution < -0.4 is 14.4 Å². The molecule has 234 valence electrons. The van der Waals surface area contributed by atoms with E-state index in [0.29, 0.717) is 13.0 Å². The first-order chi connectivity index (χ1) is 21.8. The molecule has 1 unspecified atom stereocenters. The van der Waals surface area contributed by atoms with Crippen LogP contribution in [0.25, 0.3) is 22.3 Å². The summed E-state index contributed by atoms with van der Waals surface area (Å²) in [5.74, 6) is 0.884. The van der Waals surface area contributed by atoms with Crippen molar-refractivity contribution in [3.05, 3.63) is 94.5 Å². The van der Waals surface area contributed by atoms with Crippen LogP contribution in [0.1, 0.15) is 47.1 Å². The number of carbonyl (C=O) groups is 1. The molecule has 0 aliphatic carbocycles. The highest BCUT2D eigenvalue weighted by Crippen LogP contribution is 2.49. The Hall–Kier alpha value is -3.94. The number of likely N-dealkylation sites (tertiary alicyclic amines) is 1. The van der Waals surface area contributed by atoms with Crippen molar-refractivity contribution in [1.82, 2.24) is 4.90 Å². The summed E-state index contributed by atoms with van der Waals surface area (Å²) in [5.41, 5.74) is 12.8. The van der Waals surface area contributed by atoms with Gasteiger partial charge in [0.1, 0.15) is 23.0 Å². The molecule has 0 amide bonds. The van der Waals surface area contributed by atoms with Gasteiger partial charge in [0.05, 0.1) is 18.8 Å². The lowest BCUT2D eigenvalue weighted by atomic mass is 9.81. The number of aryl methyl sites for hydroxylation is 1. The van der Waals surface area contributed by atoms with E-state index in [1.54, 1.807) is 6.26 Å². The van der Waals surface area contributed by atoms with E-state index < -0.39 is 11.0 Å². The highest BCUT2D eigenvalue weighted by molar-refractivity contribution is 7.85. The summed E-state index contributed by atoms with van der Waals surface area (Å²) in [6, 6.07) is 23.1. The van der Waals surface area contributed by atoms with Crippen LogP contribution in [0.2, 0.25) is 0 Å².